The molecule has 0 radical (unpaired) electrons. The van der Waals surface area contributed by atoms with E-state index in [2.05, 4.69) is 4.72 Å². The average molecular weight is 410 g/mol. The molecule has 0 saturated heterocycles. The van der Waals surface area contributed by atoms with Crippen molar-refractivity contribution >= 4 is 27.3 Å². The first-order valence-electron chi connectivity index (χ1n) is 8.92. The number of nitrogens with one attached hydrogen (secondary N) is 1. The highest BCUT2D eigenvalue weighted by molar-refractivity contribution is 7.92. The minimum Gasteiger partial charge on any atom is -0.497 e. The van der Waals surface area contributed by atoms with Gasteiger partial charge in [0.1, 0.15) is 5.75 Å². The van der Waals surface area contributed by atoms with E-state index in [0.29, 0.717) is 22.6 Å². The summed E-state index contributed by atoms with van der Waals surface area (Å²) in [7, 11) is -0.659. The molecule has 0 aliphatic carbocycles. The van der Waals surface area contributed by atoms with Gasteiger partial charge in [0.25, 0.3) is 15.9 Å². The van der Waals surface area contributed by atoms with Gasteiger partial charge in [-0.05, 0) is 61.0 Å². The molecule has 0 atom stereocenters. The molecular formula is C22H22N2O4S. The second-order valence-electron chi connectivity index (χ2n) is 6.51. The Kier molecular flexibility index (Phi) is 5.89. The second-order valence-corrected chi connectivity index (χ2v) is 8.19. The van der Waals surface area contributed by atoms with Gasteiger partial charge in [0.05, 0.1) is 12.0 Å². The molecule has 0 aliphatic heterocycles. The SMILES string of the molecule is COc1ccc(NS(=O)(=O)c2ccc(C)c(C(=O)N(C)c3ccccc3)c2)cc1. The van der Waals surface area contributed by atoms with Gasteiger partial charge in [0.15, 0.2) is 0 Å². The molecule has 0 heterocycles. The van der Waals surface area contributed by atoms with Gasteiger partial charge >= 0.3 is 0 Å². The van der Waals surface area contributed by atoms with Crippen molar-refractivity contribution in [3.8, 4) is 5.75 Å². The molecule has 1 amide bonds. The minimum absolute atomic E-state index is 0.0173. The minimum atomic E-state index is -3.86. The summed E-state index contributed by atoms with van der Waals surface area (Å²) in [4.78, 5) is 14.5. The van der Waals surface area contributed by atoms with E-state index in [0.717, 1.165) is 5.69 Å². The van der Waals surface area contributed by atoms with Crippen LogP contribution in [0.5, 0.6) is 5.75 Å². The molecule has 0 aliphatic rings. The number of aryl methyl sites for hydroxylation is 1. The number of carbonyl (C=O) groups is 1. The summed E-state index contributed by atoms with van der Waals surface area (Å²) in [5, 5.41) is 0. The molecule has 0 saturated carbocycles. The third-order valence-electron chi connectivity index (χ3n) is 4.54. The van der Waals surface area contributed by atoms with Gasteiger partial charge in [-0.25, -0.2) is 8.42 Å². The summed E-state index contributed by atoms with van der Waals surface area (Å²) in [5.41, 5.74) is 2.15. The molecule has 3 aromatic rings. The van der Waals surface area contributed by atoms with Gasteiger partial charge in [-0.15, -0.1) is 0 Å². The fraction of sp³-hybridized carbons (Fsp3) is 0.136. The van der Waals surface area contributed by atoms with Gasteiger partial charge in [0, 0.05) is 24.0 Å². The summed E-state index contributed by atoms with van der Waals surface area (Å²) in [6.45, 7) is 1.78. The number of sulfonamides is 1. The summed E-state index contributed by atoms with van der Waals surface area (Å²) >= 11 is 0. The van der Waals surface area contributed by atoms with Gasteiger partial charge in [-0.1, -0.05) is 24.3 Å². The molecular weight excluding hydrogens is 388 g/mol. The van der Waals surface area contributed by atoms with E-state index in [1.165, 1.54) is 24.1 Å². The molecule has 1 N–H and O–H groups in total. The topological polar surface area (TPSA) is 75.7 Å². The van der Waals surface area contributed by atoms with Gasteiger partial charge in [-0.3, -0.25) is 9.52 Å². The maximum atomic E-state index is 13.0. The molecule has 7 heteroatoms. The Morgan fingerprint density at radius 2 is 1.62 bits per heavy atom. The van der Waals surface area contributed by atoms with E-state index >= 15 is 0 Å². The van der Waals surface area contributed by atoms with E-state index in [-0.39, 0.29) is 10.8 Å². The van der Waals surface area contributed by atoms with E-state index < -0.39 is 10.0 Å². The van der Waals surface area contributed by atoms with Crippen molar-refractivity contribution in [1.82, 2.24) is 0 Å². The van der Waals surface area contributed by atoms with E-state index in [1.54, 1.807) is 44.3 Å². The van der Waals surface area contributed by atoms with Crippen LogP contribution in [0, 0.1) is 6.92 Å². The fourth-order valence-electron chi connectivity index (χ4n) is 2.82. The monoisotopic (exact) mass is 410 g/mol. The van der Waals surface area contributed by atoms with Gasteiger partial charge < -0.3 is 9.64 Å². The highest BCUT2D eigenvalue weighted by atomic mass is 32.2. The number of nitrogens with zero attached hydrogens (tertiary/aromatic N) is 1. The summed E-state index contributed by atoms with van der Waals surface area (Å²) in [5.74, 6) is 0.343. The predicted molar refractivity (Wildman–Crippen MR) is 114 cm³/mol. The van der Waals surface area contributed by atoms with Crippen molar-refractivity contribution in [3.05, 3.63) is 83.9 Å². The largest absolute Gasteiger partial charge is 0.497 e. The van der Waals surface area contributed by atoms with Crippen LogP contribution in [0.4, 0.5) is 11.4 Å². The van der Waals surface area contributed by atoms with Crippen LogP contribution in [0.25, 0.3) is 0 Å². The maximum absolute atomic E-state index is 13.0. The Morgan fingerprint density at radius 1 is 0.966 bits per heavy atom. The van der Waals surface area contributed by atoms with Crippen LogP contribution in [-0.4, -0.2) is 28.5 Å². The number of anilines is 2. The average Bonchev–Trinajstić information content (AvgIpc) is 2.74. The first kappa shape index (κ1) is 20.4. The Morgan fingerprint density at radius 3 is 2.24 bits per heavy atom. The Bertz CT molecular complexity index is 1110. The number of benzene rings is 3. The van der Waals surface area contributed by atoms with Crippen LogP contribution in [0.3, 0.4) is 0 Å². The fourth-order valence-corrected chi connectivity index (χ4v) is 3.91. The molecule has 0 unspecified atom stereocenters. The molecule has 3 aromatic carbocycles. The van der Waals surface area contributed by atoms with Crippen LogP contribution in [0.1, 0.15) is 15.9 Å². The summed E-state index contributed by atoms with van der Waals surface area (Å²) in [6.07, 6.45) is 0. The molecule has 0 fully saturated rings. The van der Waals surface area contributed by atoms with E-state index in [9.17, 15) is 13.2 Å². The lowest BCUT2D eigenvalue weighted by atomic mass is 10.1. The molecule has 0 aromatic heterocycles. The molecule has 3 rings (SSSR count). The van der Waals surface area contributed by atoms with Crippen molar-refractivity contribution in [3.63, 3.8) is 0 Å². The molecule has 150 valence electrons. The first-order valence-corrected chi connectivity index (χ1v) is 10.4. The first-order chi connectivity index (χ1) is 13.8. The molecule has 0 bridgehead atoms. The third-order valence-corrected chi connectivity index (χ3v) is 5.92. The van der Waals surface area contributed by atoms with Crippen molar-refractivity contribution in [1.29, 1.82) is 0 Å². The lowest BCUT2D eigenvalue weighted by molar-refractivity contribution is 0.0992. The van der Waals surface area contributed by atoms with Crippen LogP contribution in [-0.2, 0) is 10.0 Å². The number of rotatable bonds is 6. The number of para-hydroxylation sites is 1. The normalized spacial score (nSPS) is 11.0. The third kappa shape index (κ3) is 4.57. The molecule has 0 spiro atoms. The van der Waals surface area contributed by atoms with Crippen LogP contribution in [0.15, 0.2) is 77.7 Å². The number of amides is 1. The van der Waals surface area contributed by atoms with Crippen LogP contribution >= 0.6 is 0 Å². The lowest BCUT2D eigenvalue weighted by Gasteiger charge is -2.19. The standard InChI is InChI=1S/C22H22N2O4S/c1-16-9-14-20(29(26,27)23-17-10-12-19(28-3)13-11-17)15-21(16)22(25)24(2)18-7-5-4-6-8-18/h4-15,23H,1-3H3. The zero-order valence-electron chi connectivity index (χ0n) is 16.4. The summed E-state index contributed by atoms with van der Waals surface area (Å²) in [6, 6.07) is 20.3. The zero-order valence-corrected chi connectivity index (χ0v) is 17.2. The second kappa shape index (κ2) is 8.36. The van der Waals surface area contributed by atoms with E-state index in [4.69, 9.17) is 4.74 Å². The Hall–Kier alpha value is -3.32. The number of hydrogen-bond acceptors (Lipinski definition) is 4. The van der Waals surface area contributed by atoms with Crippen molar-refractivity contribution in [2.24, 2.45) is 0 Å². The van der Waals surface area contributed by atoms with Crippen molar-refractivity contribution < 1.29 is 17.9 Å². The van der Waals surface area contributed by atoms with Crippen molar-refractivity contribution in [2.75, 3.05) is 23.8 Å². The maximum Gasteiger partial charge on any atom is 0.261 e. The van der Waals surface area contributed by atoms with Crippen LogP contribution in [0.2, 0.25) is 0 Å². The van der Waals surface area contributed by atoms with Crippen LogP contribution < -0.4 is 14.4 Å². The number of hydrogen-bond donors (Lipinski definition) is 1. The quantitative estimate of drug-likeness (QED) is 0.664. The summed E-state index contributed by atoms with van der Waals surface area (Å²) < 4.78 is 33.2. The number of methoxy groups -OCH3 is 1. The molecule has 29 heavy (non-hydrogen) atoms. The Balaban J connectivity index is 1.90. The highest BCUT2D eigenvalue weighted by Gasteiger charge is 2.21. The van der Waals surface area contributed by atoms with Gasteiger partial charge in [0.2, 0.25) is 0 Å². The number of ether oxygens (including phenoxy) is 1. The smallest absolute Gasteiger partial charge is 0.261 e. The highest BCUT2D eigenvalue weighted by Crippen LogP contribution is 2.23. The number of carbonyl (C=O) groups excluding carboxylic acids is 1. The predicted octanol–water partition coefficient (Wildman–Crippen LogP) is 4.08. The van der Waals surface area contributed by atoms with Gasteiger partial charge in [-0.2, -0.15) is 0 Å². The van der Waals surface area contributed by atoms with Crippen molar-refractivity contribution in [2.45, 2.75) is 11.8 Å². The Labute approximate surface area is 170 Å². The zero-order chi connectivity index (χ0) is 21.0. The molecule has 6 nitrogen and oxygen atoms in total. The lowest BCUT2D eigenvalue weighted by Crippen LogP contribution is -2.27. The van der Waals surface area contributed by atoms with E-state index in [1.807, 2.05) is 30.3 Å².